The number of aromatic nitrogens is 4. The Labute approximate surface area is 182 Å². The molecule has 2 aromatic heterocycles. The lowest BCUT2D eigenvalue weighted by atomic mass is 10.2. The SMILES string of the molecule is CCSc1nnc(N)n1C(C)C(=O)Nc1nc(C)c(C(=O)OCc2ccccc2)s1. The number of carbonyl (C=O) groups is 2. The first-order valence-corrected chi connectivity index (χ1v) is 11.0. The molecule has 2 heterocycles. The zero-order valence-electron chi connectivity index (χ0n) is 16.8. The molecular formula is C19H22N6O3S2. The molecule has 0 aliphatic carbocycles. The Bertz CT molecular complexity index is 1030. The normalized spacial score (nSPS) is 11.8. The number of nitrogens with zero attached hydrogens (tertiary/aromatic N) is 4. The monoisotopic (exact) mass is 446 g/mol. The van der Waals surface area contributed by atoms with E-state index in [1.54, 1.807) is 18.4 Å². The minimum Gasteiger partial charge on any atom is -0.457 e. The second-order valence-electron chi connectivity index (χ2n) is 6.30. The summed E-state index contributed by atoms with van der Waals surface area (Å²) in [6.07, 6.45) is 0. The van der Waals surface area contributed by atoms with Gasteiger partial charge in [-0.3, -0.25) is 9.36 Å². The van der Waals surface area contributed by atoms with Gasteiger partial charge >= 0.3 is 5.97 Å². The van der Waals surface area contributed by atoms with Gasteiger partial charge in [-0.05, 0) is 25.2 Å². The van der Waals surface area contributed by atoms with Gasteiger partial charge in [0.2, 0.25) is 11.9 Å². The number of thioether (sulfide) groups is 1. The minimum atomic E-state index is -0.647. The molecule has 3 aromatic rings. The number of thiazole rings is 1. The predicted octanol–water partition coefficient (Wildman–Crippen LogP) is 3.29. The highest BCUT2D eigenvalue weighted by Crippen LogP contribution is 2.27. The number of rotatable bonds is 8. The lowest BCUT2D eigenvalue weighted by Crippen LogP contribution is -2.25. The highest BCUT2D eigenvalue weighted by Gasteiger charge is 2.24. The molecule has 3 rings (SSSR count). The number of aryl methyl sites for hydroxylation is 1. The molecule has 0 radical (unpaired) electrons. The number of carbonyl (C=O) groups excluding carboxylic acids is 2. The Hall–Kier alpha value is -2.92. The van der Waals surface area contributed by atoms with Crippen LogP contribution in [-0.2, 0) is 16.1 Å². The summed E-state index contributed by atoms with van der Waals surface area (Å²) in [6, 6.07) is 8.76. The van der Waals surface area contributed by atoms with Crippen LogP contribution in [-0.4, -0.2) is 37.4 Å². The van der Waals surface area contributed by atoms with Crippen molar-refractivity contribution in [2.24, 2.45) is 0 Å². The molecule has 3 N–H and O–H groups in total. The van der Waals surface area contributed by atoms with Crippen molar-refractivity contribution in [3.05, 3.63) is 46.5 Å². The van der Waals surface area contributed by atoms with E-state index in [1.807, 2.05) is 37.3 Å². The van der Waals surface area contributed by atoms with Crippen LogP contribution in [0.3, 0.4) is 0 Å². The van der Waals surface area contributed by atoms with E-state index in [9.17, 15) is 9.59 Å². The first-order valence-electron chi connectivity index (χ1n) is 9.23. The second-order valence-corrected chi connectivity index (χ2v) is 8.53. The summed E-state index contributed by atoms with van der Waals surface area (Å²) >= 11 is 2.51. The first-order chi connectivity index (χ1) is 14.4. The predicted molar refractivity (Wildman–Crippen MR) is 117 cm³/mol. The van der Waals surface area contributed by atoms with E-state index < -0.39 is 12.0 Å². The van der Waals surface area contributed by atoms with Crippen LogP contribution in [0.15, 0.2) is 35.5 Å². The first kappa shape index (κ1) is 21.8. The molecule has 9 nitrogen and oxygen atoms in total. The summed E-state index contributed by atoms with van der Waals surface area (Å²) < 4.78 is 6.93. The number of ether oxygens (including phenoxy) is 1. The third-order valence-corrected chi connectivity index (χ3v) is 6.03. The molecule has 1 atom stereocenters. The Morgan fingerprint density at radius 1 is 1.30 bits per heavy atom. The topological polar surface area (TPSA) is 125 Å². The number of nitrogen functional groups attached to an aromatic ring is 1. The molecule has 1 aromatic carbocycles. The maximum Gasteiger partial charge on any atom is 0.350 e. The number of amides is 1. The molecule has 30 heavy (non-hydrogen) atoms. The van der Waals surface area contributed by atoms with Crippen LogP contribution in [0.25, 0.3) is 0 Å². The highest BCUT2D eigenvalue weighted by molar-refractivity contribution is 7.99. The quantitative estimate of drug-likeness (QED) is 0.399. The van der Waals surface area contributed by atoms with Crippen molar-refractivity contribution in [3.8, 4) is 0 Å². The number of hydrogen-bond acceptors (Lipinski definition) is 9. The standard InChI is InChI=1S/C19H22N6O3S2/c1-4-29-19-24-23-17(20)25(19)12(3)15(26)22-18-21-11(2)14(30-18)16(27)28-10-13-8-6-5-7-9-13/h5-9,12H,4,10H2,1-3H3,(H2,20,23)(H,21,22,26). The minimum absolute atomic E-state index is 0.161. The smallest absolute Gasteiger partial charge is 0.350 e. The molecule has 0 saturated carbocycles. The van der Waals surface area contributed by atoms with Crippen LogP contribution >= 0.6 is 23.1 Å². The summed E-state index contributed by atoms with van der Waals surface area (Å²) in [5.74, 6) is 0.116. The van der Waals surface area contributed by atoms with Gasteiger partial charge in [0, 0.05) is 0 Å². The Balaban J connectivity index is 1.67. The fourth-order valence-corrected chi connectivity index (χ4v) is 4.25. The fourth-order valence-electron chi connectivity index (χ4n) is 2.63. The van der Waals surface area contributed by atoms with E-state index in [4.69, 9.17) is 10.5 Å². The Morgan fingerprint density at radius 3 is 2.73 bits per heavy atom. The van der Waals surface area contributed by atoms with E-state index in [0.29, 0.717) is 20.9 Å². The average Bonchev–Trinajstić information content (AvgIpc) is 3.28. The van der Waals surface area contributed by atoms with Gasteiger partial charge in [-0.15, -0.1) is 10.2 Å². The van der Waals surface area contributed by atoms with Gasteiger partial charge in [0.25, 0.3) is 0 Å². The fraction of sp³-hybridized carbons (Fsp3) is 0.316. The third kappa shape index (κ3) is 4.97. The molecule has 0 aliphatic rings. The van der Waals surface area contributed by atoms with Crippen LogP contribution in [0.2, 0.25) is 0 Å². The van der Waals surface area contributed by atoms with Crippen molar-refractivity contribution >= 4 is 46.1 Å². The molecule has 1 unspecified atom stereocenters. The van der Waals surface area contributed by atoms with Gasteiger partial charge in [0.15, 0.2) is 10.3 Å². The number of anilines is 2. The maximum atomic E-state index is 12.7. The molecular weight excluding hydrogens is 424 g/mol. The summed E-state index contributed by atoms with van der Waals surface area (Å²) in [7, 11) is 0. The van der Waals surface area contributed by atoms with Crippen LogP contribution in [0.1, 0.15) is 40.8 Å². The van der Waals surface area contributed by atoms with E-state index in [-0.39, 0.29) is 18.5 Å². The van der Waals surface area contributed by atoms with E-state index >= 15 is 0 Å². The summed E-state index contributed by atoms with van der Waals surface area (Å²) in [5.41, 5.74) is 7.26. The van der Waals surface area contributed by atoms with Crippen LogP contribution in [0, 0.1) is 6.92 Å². The number of benzene rings is 1. The molecule has 0 bridgehead atoms. The lowest BCUT2D eigenvalue weighted by Gasteiger charge is -2.15. The van der Waals surface area contributed by atoms with Gasteiger partial charge in [-0.2, -0.15) is 0 Å². The molecule has 0 aliphatic heterocycles. The second kappa shape index (κ2) is 9.72. The molecule has 1 amide bonds. The van der Waals surface area contributed by atoms with E-state index in [0.717, 1.165) is 22.7 Å². The van der Waals surface area contributed by atoms with Crippen molar-refractivity contribution in [2.75, 3.05) is 16.8 Å². The summed E-state index contributed by atoms with van der Waals surface area (Å²) in [5, 5.41) is 11.5. The van der Waals surface area contributed by atoms with Crippen molar-refractivity contribution in [1.82, 2.24) is 19.7 Å². The Morgan fingerprint density at radius 2 is 2.03 bits per heavy atom. The Kier molecular flexibility index (Phi) is 7.06. The number of nitrogens with two attached hydrogens (primary N) is 1. The largest absolute Gasteiger partial charge is 0.457 e. The van der Waals surface area contributed by atoms with Gasteiger partial charge in [-0.25, -0.2) is 9.78 Å². The number of hydrogen-bond donors (Lipinski definition) is 2. The maximum absolute atomic E-state index is 12.7. The zero-order chi connectivity index (χ0) is 21.7. The van der Waals surface area contributed by atoms with Gasteiger partial charge < -0.3 is 15.8 Å². The van der Waals surface area contributed by atoms with Crippen molar-refractivity contribution in [2.45, 2.75) is 38.6 Å². The van der Waals surface area contributed by atoms with Gasteiger partial charge in [0.05, 0.1) is 5.69 Å². The van der Waals surface area contributed by atoms with E-state index in [2.05, 4.69) is 20.5 Å². The summed E-state index contributed by atoms with van der Waals surface area (Å²) in [4.78, 5) is 29.8. The zero-order valence-corrected chi connectivity index (χ0v) is 18.4. The molecule has 0 fully saturated rings. The molecule has 158 valence electrons. The van der Waals surface area contributed by atoms with Crippen LogP contribution < -0.4 is 11.1 Å². The van der Waals surface area contributed by atoms with Gasteiger partial charge in [0.1, 0.15) is 17.5 Å². The van der Waals surface area contributed by atoms with Crippen molar-refractivity contribution < 1.29 is 14.3 Å². The van der Waals surface area contributed by atoms with Crippen molar-refractivity contribution in [1.29, 1.82) is 0 Å². The van der Waals surface area contributed by atoms with Gasteiger partial charge in [-0.1, -0.05) is 60.4 Å². The molecule has 11 heteroatoms. The van der Waals surface area contributed by atoms with Crippen molar-refractivity contribution in [3.63, 3.8) is 0 Å². The van der Waals surface area contributed by atoms with Crippen LogP contribution in [0.5, 0.6) is 0 Å². The number of nitrogens with one attached hydrogen (secondary N) is 1. The summed E-state index contributed by atoms with van der Waals surface area (Å²) in [6.45, 7) is 5.54. The third-order valence-electron chi connectivity index (χ3n) is 4.16. The molecule has 0 saturated heterocycles. The lowest BCUT2D eigenvalue weighted by molar-refractivity contribution is -0.118. The van der Waals surface area contributed by atoms with Crippen LogP contribution in [0.4, 0.5) is 11.1 Å². The highest BCUT2D eigenvalue weighted by atomic mass is 32.2. The average molecular weight is 447 g/mol. The molecule has 0 spiro atoms. The number of esters is 1. The van der Waals surface area contributed by atoms with E-state index in [1.165, 1.54) is 11.8 Å².